The third-order valence-corrected chi connectivity index (χ3v) is 8.20. The molecule has 1 atom stereocenters. The number of amides is 2. The van der Waals surface area contributed by atoms with Crippen molar-refractivity contribution >= 4 is 33.9 Å². The summed E-state index contributed by atoms with van der Waals surface area (Å²) in [4.78, 5) is 38.5. The minimum atomic E-state index is -0.337. The summed E-state index contributed by atoms with van der Waals surface area (Å²) in [5, 5.41) is 15.5. The molecule has 2 aliphatic rings. The predicted octanol–water partition coefficient (Wildman–Crippen LogP) is 3.03. The van der Waals surface area contributed by atoms with Gasteiger partial charge in [-0.1, -0.05) is 12.1 Å². The number of thiazole rings is 1. The molecule has 0 radical (unpaired) electrons. The van der Waals surface area contributed by atoms with Crippen LogP contribution in [0.1, 0.15) is 49.0 Å². The number of morpholine rings is 1. The second-order valence-corrected chi connectivity index (χ2v) is 10.8. The number of carbonyl (C=O) groups is 2. The Morgan fingerprint density at radius 2 is 2.03 bits per heavy atom. The molecule has 1 fully saturated rings. The number of hydrogen-bond acceptors (Lipinski definition) is 8. The highest BCUT2D eigenvalue weighted by Gasteiger charge is 2.28. The Kier molecular flexibility index (Phi) is 7.06. The Labute approximate surface area is 229 Å². The number of pyridine rings is 1. The lowest BCUT2D eigenvalue weighted by molar-refractivity contribution is 0.0139. The highest BCUT2D eigenvalue weighted by Crippen LogP contribution is 2.32. The number of nitrogens with one attached hydrogen (secondary N) is 2. The number of benzene rings is 1. The Balaban J connectivity index is 1.07. The van der Waals surface area contributed by atoms with Crippen molar-refractivity contribution in [1.82, 2.24) is 24.6 Å². The number of ether oxygens (including phenoxy) is 1. The molecule has 1 saturated heterocycles. The number of nitriles is 1. The molecule has 2 N–H and O–H groups in total. The van der Waals surface area contributed by atoms with Crippen LogP contribution in [0, 0.1) is 11.3 Å². The van der Waals surface area contributed by atoms with Crippen molar-refractivity contribution in [2.24, 2.45) is 0 Å². The quantitative estimate of drug-likeness (QED) is 0.384. The molecule has 0 bridgehead atoms. The summed E-state index contributed by atoms with van der Waals surface area (Å²) in [6.07, 6.45) is 6.27. The fraction of sp³-hybridized carbons (Fsp3) is 0.321. The zero-order valence-corrected chi connectivity index (χ0v) is 22.0. The fourth-order valence-electron chi connectivity index (χ4n) is 5.09. The molecule has 4 heterocycles. The van der Waals surface area contributed by atoms with Crippen LogP contribution < -0.4 is 10.6 Å². The fourth-order valence-corrected chi connectivity index (χ4v) is 6.17. The van der Waals surface area contributed by atoms with E-state index >= 15 is 0 Å². The molecule has 198 valence electrons. The lowest BCUT2D eigenvalue weighted by Crippen LogP contribution is -2.45. The first-order chi connectivity index (χ1) is 19.1. The summed E-state index contributed by atoms with van der Waals surface area (Å²) in [6.45, 7) is 3.77. The number of aryl methyl sites for hydroxylation is 1. The first kappa shape index (κ1) is 25.2. The van der Waals surface area contributed by atoms with E-state index in [1.54, 1.807) is 58.5 Å². The third-order valence-electron chi connectivity index (χ3n) is 7.16. The SMILES string of the molecule is N#Cc1ccn2cc(C(=O)NCc3cccc(C(=O)Nc4nc5c(s4)CC(N4CCOCC4)CC5)c3)nc2c1. The van der Waals surface area contributed by atoms with Crippen molar-refractivity contribution in [3.63, 3.8) is 0 Å². The van der Waals surface area contributed by atoms with Crippen molar-refractivity contribution in [2.45, 2.75) is 31.8 Å². The van der Waals surface area contributed by atoms with E-state index in [0.29, 0.717) is 27.9 Å². The van der Waals surface area contributed by atoms with E-state index < -0.39 is 0 Å². The van der Waals surface area contributed by atoms with Crippen molar-refractivity contribution in [3.8, 4) is 6.07 Å². The maximum atomic E-state index is 13.0. The number of imidazole rings is 1. The van der Waals surface area contributed by atoms with Crippen LogP contribution in [-0.2, 0) is 24.1 Å². The van der Waals surface area contributed by atoms with Crippen molar-refractivity contribution in [2.75, 3.05) is 31.6 Å². The molecule has 1 aliphatic carbocycles. The van der Waals surface area contributed by atoms with E-state index in [1.807, 2.05) is 6.07 Å². The van der Waals surface area contributed by atoms with Gasteiger partial charge in [-0.3, -0.25) is 19.8 Å². The highest BCUT2D eigenvalue weighted by atomic mass is 32.1. The Bertz CT molecular complexity index is 1580. The Morgan fingerprint density at radius 1 is 1.15 bits per heavy atom. The standard InChI is InChI=1S/C28H27N7O3S/c29-15-18-6-7-35-17-23(31-25(35)13-18)27(37)30-16-19-2-1-3-20(12-19)26(36)33-28-32-22-5-4-21(14-24(22)39-28)34-8-10-38-11-9-34/h1-3,6-7,12-13,17,21H,4-5,8-11,14,16H2,(H,30,37)(H,32,33,36). The molecular formula is C28H27N7O3S. The van der Waals surface area contributed by atoms with Crippen LogP contribution in [0.15, 0.2) is 48.8 Å². The summed E-state index contributed by atoms with van der Waals surface area (Å²) in [5.41, 5.74) is 3.63. The number of hydrogen-bond donors (Lipinski definition) is 2. The zero-order valence-electron chi connectivity index (χ0n) is 21.2. The minimum Gasteiger partial charge on any atom is -0.379 e. The van der Waals surface area contributed by atoms with Crippen molar-refractivity contribution in [3.05, 3.63) is 81.7 Å². The number of aromatic nitrogens is 3. The van der Waals surface area contributed by atoms with Gasteiger partial charge in [0.05, 0.1) is 30.5 Å². The van der Waals surface area contributed by atoms with Gasteiger partial charge in [0.15, 0.2) is 5.13 Å². The Hall–Kier alpha value is -4.11. The van der Waals surface area contributed by atoms with Gasteiger partial charge in [-0.25, -0.2) is 9.97 Å². The van der Waals surface area contributed by atoms with E-state index in [-0.39, 0.29) is 24.1 Å². The minimum absolute atomic E-state index is 0.229. The molecule has 1 aliphatic heterocycles. The van der Waals surface area contributed by atoms with Gasteiger partial charge in [-0.05, 0) is 49.1 Å². The third kappa shape index (κ3) is 5.54. The molecule has 6 rings (SSSR count). The van der Waals surface area contributed by atoms with E-state index in [4.69, 9.17) is 15.0 Å². The normalized spacial score (nSPS) is 17.4. The summed E-state index contributed by atoms with van der Waals surface area (Å²) in [5.74, 6) is -0.566. The summed E-state index contributed by atoms with van der Waals surface area (Å²) < 4.78 is 7.19. The zero-order chi connectivity index (χ0) is 26.8. The highest BCUT2D eigenvalue weighted by molar-refractivity contribution is 7.15. The Morgan fingerprint density at radius 3 is 2.87 bits per heavy atom. The molecule has 1 unspecified atom stereocenters. The van der Waals surface area contributed by atoms with Crippen molar-refractivity contribution < 1.29 is 14.3 Å². The summed E-state index contributed by atoms with van der Waals surface area (Å²) in [7, 11) is 0. The number of carbonyl (C=O) groups excluding carboxylic acids is 2. The van der Waals surface area contributed by atoms with Gasteiger partial charge in [0.1, 0.15) is 11.3 Å². The topological polar surface area (TPSA) is 125 Å². The predicted molar refractivity (Wildman–Crippen MR) is 146 cm³/mol. The maximum absolute atomic E-state index is 13.0. The van der Waals surface area contributed by atoms with Crippen molar-refractivity contribution in [1.29, 1.82) is 5.26 Å². The van der Waals surface area contributed by atoms with Gasteiger partial charge in [0.25, 0.3) is 11.8 Å². The summed E-state index contributed by atoms with van der Waals surface area (Å²) >= 11 is 1.56. The van der Waals surface area contributed by atoms with Crippen LogP contribution in [-0.4, -0.2) is 63.4 Å². The maximum Gasteiger partial charge on any atom is 0.271 e. The average Bonchev–Trinajstić information content (AvgIpc) is 3.59. The van der Waals surface area contributed by atoms with E-state index in [1.165, 1.54) is 4.88 Å². The molecule has 0 saturated carbocycles. The number of anilines is 1. The van der Waals surface area contributed by atoms with E-state index in [0.717, 1.165) is 56.8 Å². The van der Waals surface area contributed by atoms with Gasteiger partial charge in [0.2, 0.25) is 0 Å². The molecule has 1 aromatic carbocycles. The van der Waals surface area contributed by atoms with Gasteiger partial charge < -0.3 is 14.5 Å². The molecule has 2 amide bonds. The second-order valence-electron chi connectivity index (χ2n) is 9.69. The molecule has 39 heavy (non-hydrogen) atoms. The number of rotatable bonds is 6. The number of fused-ring (bicyclic) bond motifs is 2. The first-order valence-electron chi connectivity index (χ1n) is 12.9. The smallest absolute Gasteiger partial charge is 0.271 e. The molecule has 11 heteroatoms. The van der Waals surface area contributed by atoms with Gasteiger partial charge in [0, 0.05) is 48.5 Å². The van der Waals surface area contributed by atoms with E-state index in [9.17, 15) is 9.59 Å². The number of nitrogens with zero attached hydrogens (tertiary/aromatic N) is 5. The van der Waals surface area contributed by atoms with Gasteiger partial charge in [-0.15, -0.1) is 11.3 Å². The largest absolute Gasteiger partial charge is 0.379 e. The molecule has 10 nitrogen and oxygen atoms in total. The lowest BCUT2D eigenvalue weighted by atomic mass is 9.96. The van der Waals surface area contributed by atoms with E-state index in [2.05, 4.69) is 26.6 Å². The first-order valence-corrected chi connectivity index (χ1v) is 13.7. The second kappa shape index (κ2) is 10.9. The molecular weight excluding hydrogens is 514 g/mol. The lowest BCUT2D eigenvalue weighted by Gasteiger charge is -2.36. The van der Waals surface area contributed by atoms with Crippen LogP contribution in [0.5, 0.6) is 0 Å². The molecule has 3 aromatic heterocycles. The van der Waals surface area contributed by atoms with Crippen LogP contribution in [0.4, 0.5) is 5.13 Å². The molecule has 0 spiro atoms. The van der Waals surface area contributed by atoms with Gasteiger partial charge in [-0.2, -0.15) is 5.26 Å². The summed E-state index contributed by atoms with van der Waals surface area (Å²) in [6, 6.07) is 13.0. The monoisotopic (exact) mass is 541 g/mol. The van der Waals surface area contributed by atoms with Crippen LogP contribution >= 0.6 is 11.3 Å². The van der Waals surface area contributed by atoms with Crippen LogP contribution in [0.2, 0.25) is 0 Å². The van der Waals surface area contributed by atoms with Gasteiger partial charge >= 0.3 is 0 Å². The molecule has 4 aromatic rings. The van der Waals surface area contributed by atoms with Crippen LogP contribution in [0.25, 0.3) is 5.65 Å². The van der Waals surface area contributed by atoms with Crippen LogP contribution in [0.3, 0.4) is 0 Å². The average molecular weight is 542 g/mol.